The maximum absolute atomic E-state index is 12.3. The van der Waals surface area contributed by atoms with E-state index in [1.165, 1.54) is 0 Å². The summed E-state index contributed by atoms with van der Waals surface area (Å²) < 4.78 is 5.70. The maximum Gasteiger partial charge on any atom is 0.155 e. The van der Waals surface area contributed by atoms with Gasteiger partial charge >= 0.3 is 0 Å². The fraction of sp³-hybridized carbons (Fsp3) is 0.200. The SMILES string of the molecule is CN[N+](C)(NC)N[NH+]([O-])c1ccc(Oc2cc(N)ccc2N)cc1. The summed E-state index contributed by atoms with van der Waals surface area (Å²) in [6, 6.07) is 11.8. The molecule has 0 aliphatic rings. The fourth-order valence-corrected chi connectivity index (χ4v) is 1.93. The fourth-order valence-electron chi connectivity index (χ4n) is 1.93. The largest absolute Gasteiger partial charge is 0.604 e. The second-order valence-corrected chi connectivity index (χ2v) is 5.32. The molecule has 0 aromatic heterocycles. The lowest BCUT2D eigenvalue weighted by Gasteiger charge is -2.33. The third-order valence-corrected chi connectivity index (χ3v) is 3.60. The van der Waals surface area contributed by atoms with Crippen LogP contribution in [0.4, 0.5) is 17.1 Å². The van der Waals surface area contributed by atoms with Gasteiger partial charge in [0, 0.05) is 43.5 Å². The van der Waals surface area contributed by atoms with Crippen LogP contribution < -0.4 is 37.8 Å². The number of nitrogens with zero attached hydrogens (tertiary/aromatic N) is 1. The molecule has 0 bridgehead atoms. The minimum absolute atomic E-state index is 0.0170. The molecule has 0 amide bonds. The zero-order chi connectivity index (χ0) is 17.7. The summed E-state index contributed by atoms with van der Waals surface area (Å²) >= 11 is 0. The first kappa shape index (κ1) is 17.9. The molecular formula is C15H24N7O2+. The van der Waals surface area contributed by atoms with Crippen LogP contribution in [0.15, 0.2) is 42.5 Å². The molecule has 2 aromatic carbocycles. The Bertz CT molecular complexity index is 674. The highest BCUT2D eigenvalue weighted by molar-refractivity contribution is 5.60. The molecule has 8 N–H and O–H groups in total. The maximum atomic E-state index is 12.3. The van der Waals surface area contributed by atoms with Gasteiger partial charge in [-0.25, -0.2) is 5.17 Å². The molecule has 0 fully saturated rings. The molecule has 0 radical (unpaired) electrons. The van der Waals surface area contributed by atoms with Gasteiger partial charge in [-0.05, 0) is 24.3 Å². The van der Waals surface area contributed by atoms with E-state index in [-0.39, 0.29) is 9.98 Å². The van der Waals surface area contributed by atoms with Crippen LogP contribution in [0, 0.1) is 5.21 Å². The first-order chi connectivity index (χ1) is 11.4. The van der Waals surface area contributed by atoms with Crippen molar-refractivity contribution in [2.75, 3.05) is 32.6 Å². The zero-order valence-electron chi connectivity index (χ0n) is 14.0. The number of rotatable bonds is 7. The quantitative estimate of drug-likeness (QED) is 0.235. The average Bonchev–Trinajstić information content (AvgIpc) is 2.58. The number of hydrogen-bond donors (Lipinski definition) is 6. The monoisotopic (exact) mass is 334 g/mol. The number of ether oxygens (including phenoxy) is 1. The first-order valence-electron chi connectivity index (χ1n) is 7.37. The number of quaternary nitrogens is 2. The van der Waals surface area contributed by atoms with Crippen LogP contribution >= 0.6 is 0 Å². The van der Waals surface area contributed by atoms with Gasteiger partial charge < -0.3 is 21.4 Å². The minimum atomic E-state index is -0.240. The Labute approximate surface area is 140 Å². The number of hydrogen-bond acceptors (Lipinski definition) is 7. The van der Waals surface area contributed by atoms with Gasteiger partial charge in [-0.3, -0.25) is 0 Å². The van der Waals surface area contributed by atoms with Crippen molar-refractivity contribution in [3.8, 4) is 11.5 Å². The molecule has 24 heavy (non-hydrogen) atoms. The summed E-state index contributed by atoms with van der Waals surface area (Å²) in [5.41, 5.74) is 21.8. The number of benzene rings is 2. The van der Waals surface area contributed by atoms with Crippen LogP contribution in [0.5, 0.6) is 11.5 Å². The van der Waals surface area contributed by atoms with Crippen LogP contribution in [-0.4, -0.2) is 26.0 Å². The summed E-state index contributed by atoms with van der Waals surface area (Å²) in [5, 5.41) is 12.0. The van der Waals surface area contributed by atoms with Gasteiger partial charge in [0.15, 0.2) is 11.4 Å². The van der Waals surface area contributed by atoms with Gasteiger partial charge in [0.05, 0.1) is 5.69 Å². The Morgan fingerprint density at radius 2 is 1.67 bits per heavy atom. The molecule has 0 spiro atoms. The number of nitrogens with two attached hydrogens (primary N) is 2. The highest BCUT2D eigenvalue weighted by Crippen LogP contribution is 2.29. The Morgan fingerprint density at radius 3 is 2.25 bits per heavy atom. The number of anilines is 2. The van der Waals surface area contributed by atoms with E-state index in [0.29, 0.717) is 28.6 Å². The first-order valence-corrected chi connectivity index (χ1v) is 7.37. The van der Waals surface area contributed by atoms with Gasteiger partial charge in [0.2, 0.25) is 0 Å². The molecule has 0 saturated heterocycles. The molecule has 2 aromatic rings. The van der Waals surface area contributed by atoms with Crippen LogP contribution in [0.25, 0.3) is 0 Å². The smallest absolute Gasteiger partial charge is 0.155 e. The summed E-state index contributed by atoms with van der Waals surface area (Å²) in [6.07, 6.45) is 0. The Hall–Kier alpha value is -2.40. The minimum Gasteiger partial charge on any atom is -0.604 e. The third-order valence-electron chi connectivity index (χ3n) is 3.60. The Morgan fingerprint density at radius 1 is 1.04 bits per heavy atom. The lowest BCUT2D eigenvalue weighted by molar-refractivity contribution is -1.15. The lowest BCUT2D eigenvalue weighted by atomic mass is 10.2. The van der Waals surface area contributed by atoms with E-state index in [1.807, 2.05) is 0 Å². The molecule has 130 valence electrons. The van der Waals surface area contributed by atoms with Crippen molar-refractivity contribution in [1.82, 2.24) is 16.4 Å². The van der Waals surface area contributed by atoms with E-state index < -0.39 is 0 Å². The molecule has 0 saturated carbocycles. The van der Waals surface area contributed by atoms with E-state index >= 15 is 0 Å². The number of nitrogens with one attached hydrogen (secondary N) is 4. The van der Waals surface area contributed by atoms with Crippen LogP contribution in [0.2, 0.25) is 0 Å². The number of nitrogen functional groups attached to an aromatic ring is 2. The van der Waals surface area contributed by atoms with Crippen molar-refractivity contribution in [2.45, 2.75) is 0 Å². The van der Waals surface area contributed by atoms with Crippen LogP contribution in [0.3, 0.4) is 0 Å². The summed E-state index contributed by atoms with van der Waals surface area (Å²) in [6.45, 7) is 0. The van der Waals surface area contributed by atoms with Gasteiger partial charge in [-0.15, -0.1) is 10.9 Å². The molecule has 0 aliphatic heterocycles. The van der Waals surface area contributed by atoms with Crippen molar-refractivity contribution in [1.29, 1.82) is 0 Å². The Balaban J connectivity index is 2.09. The summed E-state index contributed by atoms with van der Waals surface area (Å²) in [5.74, 6) is 1.03. The molecule has 1 atom stereocenters. The summed E-state index contributed by atoms with van der Waals surface area (Å²) in [7, 11) is 5.21. The highest BCUT2D eigenvalue weighted by atomic mass is 16.6. The van der Waals surface area contributed by atoms with Crippen molar-refractivity contribution < 1.29 is 14.7 Å². The van der Waals surface area contributed by atoms with E-state index in [2.05, 4.69) is 16.4 Å². The third kappa shape index (κ3) is 4.32. The van der Waals surface area contributed by atoms with Crippen molar-refractivity contribution in [3.63, 3.8) is 0 Å². The lowest BCUT2D eigenvalue weighted by Crippen LogP contribution is -3.14. The van der Waals surface area contributed by atoms with Gasteiger partial charge in [-0.2, -0.15) is 0 Å². The Kier molecular flexibility index (Phi) is 5.57. The van der Waals surface area contributed by atoms with Gasteiger partial charge in [-0.1, -0.05) is 4.81 Å². The van der Waals surface area contributed by atoms with Crippen molar-refractivity contribution in [3.05, 3.63) is 47.7 Å². The van der Waals surface area contributed by atoms with Crippen molar-refractivity contribution >= 4 is 17.1 Å². The second-order valence-electron chi connectivity index (χ2n) is 5.32. The second kappa shape index (κ2) is 7.45. The van der Waals surface area contributed by atoms with E-state index in [9.17, 15) is 5.21 Å². The van der Waals surface area contributed by atoms with Crippen LogP contribution in [-0.2, 0) is 0 Å². The molecule has 0 aliphatic carbocycles. The van der Waals surface area contributed by atoms with E-state index in [0.717, 1.165) is 0 Å². The normalized spacial score (nSPS) is 12.8. The average molecular weight is 334 g/mol. The standard InChI is InChI=1S/C15H24N7O2/c1-18-22(3,19-2)20-21(23)12-5-7-13(8-6-12)24-15-10-11(16)4-9-14(15)17/h4-10,18-21H,16-17H2,1-3H3/q+1. The molecular weight excluding hydrogens is 310 g/mol. The molecule has 9 nitrogen and oxygen atoms in total. The van der Waals surface area contributed by atoms with Crippen molar-refractivity contribution in [2.24, 2.45) is 0 Å². The molecule has 2 rings (SSSR count). The molecule has 0 heterocycles. The van der Waals surface area contributed by atoms with Crippen LogP contribution in [0.1, 0.15) is 0 Å². The van der Waals surface area contributed by atoms with E-state index in [4.69, 9.17) is 16.2 Å². The molecule has 9 heteroatoms. The van der Waals surface area contributed by atoms with E-state index in [1.54, 1.807) is 63.6 Å². The summed E-state index contributed by atoms with van der Waals surface area (Å²) in [4.78, 5) is -0.0170. The topological polar surface area (TPSA) is 125 Å². The van der Waals surface area contributed by atoms with Gasteiger partial charge in [0.1, 0.15) is 12.8 Å². The zero-order valence-corrected chi connectivity index (χ0v) is 14.0. The predicted octanol–water partition coefficient (Wildman–Crippen LogP) is -0.207. The highest BCUT2D eigenvalue weighted by Gasteiger charge is 2.22. The molecule has 1 unspecified atom stereocenters. The predicted molar refractivity (Wildman–Crippen MR) is 93.2 cm³/mol. The van der Waals surface area contributed by atoms with Gasteiger partial charge in [0.25, 0.3) is 0 Å².